The maximum Gasteiger partial charge on any atom is 0.219 e. The Morgan fingerprint density at radius 3 is 1.06 bits per heavy atom. The summed E-state index contributed by atoms with van der Waals surface area (Å²) in [5, 5.41) is 6.59. The molecule has 0 saturated carbocycles. The summed E-state index contributed by atoms with van der Waals surface area (Å²) in [5.74, 6) is 15.8. The smallest absolute Gasteiger partial charge is 0.219 e. The van der Waals surface area contributed by atoms with Crippen molar-refractivity contribution in [3.8, 4) is 0 Å². The summed E-state index contributed by atoms with van der Waals surface area (Å²) < 4.78 is 0. The minimum Gasteiger partial charge on any atom is -0.287 e. The topological polar surface area (TPSA) is 34.1 Å². The molecule has 0 unspecified atom stereocenters. The Kier molecular flexibility index (Phi) is 86.2. The summed E-state index contributed by atoms with van der Waals surface area (Å²) in [5.41, 5.74) is 12.3. The molecule has 0 saturated heterocycles. The van der Waals surface area contributed by atoms with E-state index in [1.807, 2.05) is 61.6 Å². The lowest BCUT2D eigenvalue weighted by atomic mass is 9.82. The van der Waals surface area contributed by atoms with E-state index in [0.717, 1.165) is 102 Å². The van der Waals surface area contributed by atoms with Crippen molar-refractivity contribution in [3.05, 3.63) is 154 Å². The number of unbranched alkanes of at least 4 members (excludes halogenated alkanes) is 1. The average molecular weight is 1910 g/mol. The first kappa shape index (κ1) is 134. The van der Waals surface area contributed by atoms with Gasteiger partial charge in [-0.05, 0) is 251 Å². The zero-order valence-electron chi connectivity index (χ0n) is 90.7. The van der Waals surface area contributed by atoms with E-state index in [0.29, 0.717) is 45.0 Å². The molecule has 0 amide bonds. The Morgan fingerprint density at radius 1 is 0.294 bits per heavy atom. The molecule has 2 nitrogen and oxygen atoms in total. The van der Waals surface area contributed by atoms with E-state index in [4.69, 9.17) is 0 Å². The molecule has 11 heteroatoms. The Bertz CT molecular complexity index is 3130. The summed E-state index contributed by atoms with van der Waals surface area (Å²) in [6.07, 6.45) is 25.8. The van der Waals surface area contributed by atoms with E-state index >= 15 is 0 Å². The third-order valence-electron chi connectivity index (χ3n) is 19.5. The molecule has 0 aliphatic heterocycles. The van der Waals surface area contributed by atoms with E-state index < -0.39 is 0 Å². The molecule has 0 aliphatic carbocycles. The molecule has 0 aromatic heterocycles. The number of aryl methyl sites for hydroxylation is 1. The van der Waals surface area contributed by atoms with Crippen LogP contribution in [0.15, 0.2) is 109 Å². The van der Waals surface area contributed by atoms with E-state index in [9.17, 15) is 9.59 Å². The molecule has 4 aromatic carbocycles. The van der Waals surface area contributed by atoms with Crippen LogP contribution in [0.5, 0.6) is 0 Å². The van der Waals surface area contributed by atoms with Crippen molar-refractivity contribution < 1.29 is 9.59 Å². The Balaban J connectivity index is -0.000000437. The summed E-state index contributed by atoms with van der Waals surface area (Å²) >= 11 is 17.3. The highest BCUT2D eigenvalue weighted by Crippen LogP contribution is 2.35. The minimum atomic E-state index is 0.200. The lowest BCUT2D eigenvalue weighted by Gasteiger charge is -2.26. The fourth-order valence-corrected chi connectivity index (χ4v) is 20.6. The zero-order chi connectivity index (χ0) is 97.7. The van der Waals surface area contributed by atoms with Gasteiger partial charge in [-0.15, -0.1) is 0 Å². The molecular weight excluding hydrogens is 1700 g/mol. The van der Waals surface area contributed by atoms with Gasteiger partial charge in [-0.3, -0.25) is 9.59 Å². The second-order valence-electron chi connectivity index (χ2n) is 43.5. The minimum absolute atomic E-state index is 0.200. The van der Waals surface area contributed by atoms with Crippen LogP contribution in [-0.4, -0.2) is 92.0 Å². The van der Waals surface area contributed by atoms with Crippen LogP contribution in [0.3, 0.4) is 0 Å². The van der Waals surface area contributed by atoms with E-state index in [2.05, 4.69) is 421 Å². The fraction of sp³-hybridized carbons (Fsp3) is 0.757. The maximum absolute atomic E-state index is 12.0. The summed E-state index contributed by atoms with van der Waals surface area (Å²) in [4.78, 5) is 23.8. The van der Waals surface area contributed by atoms with Crippen molar-refractivity contribution in [1.29, 1.82) is 0 Å². The number of hydrogen-bond acceptors (Lipinski definition) is 11. The fourth-order valence-electron chi connectivity index (χ4n) is 12.8. The zero-order valence-corrected chi connectivity index (χ0v) is 98.1. The predicted octanol–water partition coefficient (Wildman–Crippen LogP) is 39.2. The Labute approximate surface area is 829 Å². The Morgan fingerprint density at radius 2 is 0.651 bits per heavy atom. The molecule has 126 heavy (non-hydrogen) atoms. The highest BCUT2D eigenvalue weighted by Gasteiger charge is 2.22. The van der Waals surface area contributed by atoms with Gasteiger partial charge in [-0.25, -0.2) is 0 Å². The third kappa shape index (κ3) is 94.9. The van der Waals surface area contributed by atoms with Crippen LogP contribution in [0.2, 0.25) is 0 Å². The lowest BCUT2D eigenvalue weighted by molar-refractivity contribution is -0.110. The van der Waals surface area contributed by atoms with Gasteiger partial charge in [0.05, 0.1) is 0 Å². The highest BCUT2D eigenvalue weighted by atomic mass is 32.2. The van der Waals surface area contributed by atoms with Crippen molar-refractivity contribution in [2.75, 3.05) is 34.5 Å². The molecule has 0 spiro atoms. The number of rotatable bonds is 50. The standard InChI is InChI=1S/C15H22OS.C15H24S.C14H20OS.C14H22S.C13H28S.2C12H26S.C10H22S.C10H20S/c1-11(2)9-13-7-5-6-8-14(13)10-15(16)17-12(3)4;1-12(2)11-15-8-6-5-7-14(15)9-10-16-13(3)4;1-10(2)9-12-7-5-6-8-13(12)14(15)16-11(3)4;1-11(2)9-13-7-5-6-8-14(13)10-15-12(3)4;1-11(2)7-8-13(5,6)9-10-14-12(3)4;1-10(2)9-12(5,6)7-8-13-11(3)4;1-10(2)7-8-12(5,6)9-13-11(3)4;2*1-9(2)7-5-6-8-11-10(3)4/h5-8,11-12H,9-10H2,1-4H3;5-8,12-13H,9-11H2,1-4H3;5-8,10-11H,9H2,1-4H3;5-8,11-12H,9-10H2,1-4H3;11-12H,7-10H2,1-6H3;2*10-11H,7-9H2,1-6H3;9-10H,5-8H2,1-4H3;5-6,9-10H,7-8H2,1-4H3/b;;;;;;;;6-5-. The average Bonchev–Trinajstić information content (AvgIpc) is 0.862. The van der Waals surface area contributed by atoms with E-state index in [1.165, 1.54) is 176 Å². The normalized spacial score (nSPS) is 11.9. The highest BCUT2D eigenvalue weighted by molar-refractivity contribution is 8.14. The van der Waals surface area contributed by atoms with Gasteiger partial charge in [0.15, 0.2) is 5.12 Å². The number of thioether (sulfide) groups is 9. The molecular formula is C115H210O2S9. The number of benzene rings is 4. The van der Waals surface area contributed by atoms with Crippen LogP contribution in [0.4, 0.5) is 0 Å². The van der Waals surface area contributed by atoms with Crippen molar-refractivity contribution >= 4 is 116 Å². The van der Waals surface area contributed by atoms with Crippen molar-refractivity contribution in [1.82, 2.24) is 0 Å². The SMILES string of the molecule is CC(C)C/C=C\CSC(C)C.CC(C)CC(C)(C)CCSC(C)C.CC(C)CCC(C)(C)CCSC(C)C.CC(C)CCC(C)(C)CSC(C)C.CC(C)CCCCSC(C)C.CC(C)Cc1ccccc1C(=O)SC(C)C.CC(C)Cc1ccccc1CC(=O)SC(C)C.CC(C)Cc1ccccc1CCSC(C)C.CC(C)Cc1ccccc1CSC(C)C. The van der Waals surface area contributed by atoms with Crippen LogP contribution < -0.4 is 0 Å². The maximum atomic E-state index is 12.0. The van der Waals surface area contributed by atoms with Gasteiger partial charge in [0.1, 0.15) is 0 Å². The van der Waals surface area contributed by atoms with Crippen LogP contribution in [0.1, 0.15) is 411 Å². The predicted molar refractivity (Wildman–Crippen MR) is 610 cm³/mol. The van der Waals surface area contributed by atoms with Crippen LogP contribution >= 0.6 is 106 Å². The van der Waals surface area contributed by atoms with E-state index in [-0.39, 0.29) is 10.2 Å². The van der Waals surface area contributed by atoms with Crippen molar-refractivity contribution in [2.45, 2.75) is 453 Å². The van der Waals surface area contributed by atoms with Gasteiger partial charge in [-0.2, -0.15) is 82.3 Å². The van der Waals surface area contributed by atoms with Gasteiger partial charge in [0.2, 0.25) is 5.12 Å². The summed E-state index contributed by atoms with van der Waals surface area (Å²) in [7, 11) is 0. The quantitative estimate of drug-likeness (QED) is 0.0313. The number of carbonyl (C=O) groups excluding carboxylic acids is 2. The molecule has 736 valence electrons. The second kappa shape index (κ2) is 81.3. The van der Waals surface area contributed by atoms with Crippen molar-refractivity contribution in [3.63, 3.8) is 0 Å². The van der Waals surface area contributed by atoms with Gasteiger partial charge < -0.3 is 0 Å². The molecule has 0 fully saturated rings. The van der Waals surface area contributed by atoms with Crippen LogP contribution in [0.25, 0.3) is 0 Å². The molecule has 0 atom stereocenters. The first-order valence-electron chi connectivity index (χ1n) is 50.1. The molecule has 0 bridgehead atoms. The summed E-state index contributed by atoms with van der Waals surface area (Å²) in [6.45, 7) is 95.3. The van der Waals surface area contributed by atoms with Gasteiger partial charge in [-0.1, -0.05) is 449 Å². The van der Waals surface area contributed by atoms with Gasteiger partial charge >= 0.3 is 0 Å². The monoisotopic (exact) mass is 1910 g/mol. The van der Waals surface area contributed by atoms with Crippen molar-refractivity contribution in [2.24, 2.45) is 69.5 Å². The number of hydrogen-bond donors (Lipinski definition) is 0. The number of carbonyl (C=O) groups is 2. The lowest BCUT2D eigenvalue weighted by Crippen LogP contribution is -2.16. The summed E-state index contributed by atoms with van der Waals surface area (Å²) in [6, 6.07) is 34.0. The van der Waals surface area contributed by atoms with Crippen LogP contribution in [-0.2, 0) is 49.1 Å². The van der Waals surface area contributed by atoms with E-state index in [1.54, 1.807) is 11.1 Å². The second-order valence-corrected chi connectivity index (χ2v) is 58.2. The Hall–Kier alpha value is -0.890. The van der Waals surface area contributed by atoms with Gasteiger partial charge in [0.25, 0.3) is 0 Å². The first-order chi connectivity index (χ1) is 58.4. The van der Waals surface area contributed by atoms with Crippen LogP contribution in [0, 0.1) is 69.5 Å². The largest absolute Gasteiger partial charge is 0.287 e. The molecule has 4 aromatic rings. The first-order valence-corrected chi connectivity index (χ1v) is 59.2. The number of allylic oxidation sites excluding steroid dienone is 1. The molecule has 0 radical (unpaired) electrons. The molecule has 0 N–H and O–H groups in total. The third-order valence-corrected chi connectivity index (χ3v) is 29.6. The molecule has 0 heterocycles. The van der Waals surface area contributed by atoms with Gasteiger partial charge in [0, 0.05) is 34.0 Å². The molecule has 4 rings (SSSR count). The molecule has 0 aliphatic rings.